The normalized spacial score (nSPS) is 10.4. The number of oxazole rings is 1. The van der Waals surface area contributed by atoms with Crippen LogP contribution >= 0.6 is 0 Å². The summed E-state index contributed by atoms with van der Waals surface area (Å²) in [5.74, 6) is -1.29. The number of hydrogen-bond donors (Lipinski definition) is 4. The molecule has 15 heavy (non-hydrogen) atoms. The van der Waals surface area contributed by atoms with Crippen molar-refractivity contribution < 1.29 is 19.7 Å². The van der Waals surface area contributed by atoms with Crippen LogP contribution in [0.4, 0.5) is 6.01 Å². The van der Waals surface area contributed by atoms with Gasteiger partial charge in [0.25, 0.3) is 6.01 Å². The van der Waals surface area contributed by atoms with Crippen molar-refractivity contribution in [2.24, 2.45) is 0 Å². The Hall–Kier alpha value is -2.37. The third-order valence-electron chi connectivity index (χ3n) is 1.92. The van der Waals surface area contributed by atoms with Crippen molar-refractivity contribution in [2.75, 3.05) is 5.73 Å². The van der Waals surface area contributed by atoms with Gasteiger partial charge in [0.2, 0.25) is 5.75 Å². The van der Waals surface area contributed by atoms with E-state index in [0.29, 0.717) is 0 Å². The van der Waals surface area contributed by atoms with Gasteiger partial charge in [-0.2, -0.15) is 0 Å². The van der Waals surface area contributed by atoms with E-state index in [1.54, 1.807) is 0 Å². The molecule has 0 aliphatic rings. The van der Waals surface area contributed by atoms with E-state index in [-0.39, 0.29) is 17.3 Å². The highest BCUT2D eigenvalue weighted by atomic mass is 16.4. The summed E-state index contributed by atoms with van der Waals surface area (Å²) in [7, 11) is 0. The Morgan fingerprint density at radius 1 is 1.13 bits per heavy atom. The van der Waals surface area contributed by atoms with Crippen molar-refractivity contribution >= 4 is 6.01 Å². The summed E-state index contributed by atoms with van der Waals surface area (Å²) in [6.45, 7) is 0. The Balaban J connectivity index is 2.59. The molecule has 0 fully saturated rings. The van der Waals surface area contributed by atoms with Crippen LogP contribution < -0.4 is 5.73 Å². The van der Waals surface area contributed by atoms with Crippen molar-refractivity contribution in [3.63, 3.8) is 0 Å². The van der Waals surface area contributed by atoms with E-state index in [9.17, 15) is 10.2 Å². The van der Waals surface area contributed by atoms with Gasteiger partial charge >= 0.3 is 0 Å². The fourth-order valence-corrected chi connectivity index (χ4v) is 1.18. The van der Waals surface area contributed by atoms with Crippen molar-refractivity contribution in [2.45, 2.75) is 0 Å². The molecule has 78 valence electrons. The quantitative estimate of drug-likeness (QED) is 0.521. The number of phenolic OH excluding ortho intramolecular Hbond substituents is 3. The molecule has 2 rings (SSSR count). The van der Waals surface area contributed by atoms with E-state index in [1.165, 1.54) is 18.3 Å². The summed E-state index contributed by atoms with van der Waals surface area (Å²) in [6, 6.07) is 2.56. The fraction of sp³-hybridized carbons (Fsp3) is 0. The molecule has 0 unspecified atom stereocenters. The summed E-state index contributed by atoms with van der Waals surface area (Å²) in [4.78, 5) is 3.64. The number of nitrogens with zero attached hydrogens (tertiary/aromatic N) is 1. The lowest BCUT2D eigenvalue weighted by Crippen LogP contribution is -1.80. The first kappa shape index (κ1) is 9.20. The van der Waals surface area contributed by atoms with E-state index < -0.39 is 17.2 Å². The predicted molar refractivity (Wildman–Crippen MR) is 51.3 cm³/mol. The molecule has 0 spiro atoms. The molecule has 0 radical (unpaired) electrons. The van der Waals surface area contributed by atoms with Crippen LogP contribution in [0.2, 0.25) is 0 Å². The topological polar surface area (TPSA) is 113 Å². The lowest BCUT2D eigenvalue weighted by Gasteiger charge is -2.04. The van der Waals surface area contributed by atoms with Crippen LogP contribution in [0, 0.1) is 0 Å². The molecular weight excluding hydrogens is 200 g/mol. The molecule has 2 aromatic rings. The molecule has 1 heterocycles. The number of phenols is 3. The van der Waals surface area contributed by atoms with Crippen molar-refractivity contribution in [1.82, 2.24) is 4.98 Å². The number of benzene rings is 1. The first-order chi connectivity index (χ1) is 7.09. The molecule has 0 atom stereocenters. The second-order valence-corrected chi connectivity index (χ2v) is 2.89. The van der Waals surface area contributed by atoms with Gasteiger partial charge in [0.05, 0.1) is 11.8 Å². The smallest absolute Gasteiger partial charge is 0.292 e. The van der Waals surface area contributed by atoms with E-state index >= 15 is 0 Å². The number of nitrogens with two attached hydrogens (primary N) is 1. The highest BCUT2D eigenvalue weighted by Gasteiger charge is 2.15. The van der Waals surface area contributed by atoms with Gasteiger partial charge in [-0.25, -0.2) is 4.98 Å². The average molecular weight is 208 g/mol. The van der Waals surface area contributed by atoms with Gasteiger partial charge < -0.3 is 25.5 Å². The molecule has 0 bridgehead atoms. The monoisotopic (exact) mass is 208 g/mol. The maximum atomic E-state index is 9.50. The van der Waals surface area contributed by atoms with E-state index in [4.69, 9.17) is 15.3 Å². The fourth-order valence-electron chi connectivity index (χ4n) is 1.18. The van der Waals surface area contributed by atoms with Gasteiger partial charge in [-0.1, -0.05) is 0 Å². The molecule has 0 amide bonds. The zero-order valence-electron chi connectivity index (χ0n) is 7.51. The van der Waals surface area contributed by atoms with Crippen molar-refractivity contribution in [3.05, 3.63) is 18.3 Å². The average Bonchev–Trinajstić information content (AvgIpc) is 2.61. The molecule has 1 aromatic carbocycles. The molecule has 6 nitrogen and oxygen atoms in total. The van der Waals surface area contributed by atoms with E-state index in [2.05, 4.69) is 4.98 Å². The van der Waals surface area contributed by atoms with E-state index in [0.717, 1.165) is 0 Å². The van der Waals surface area contributed by atoms with Gasteiger partial charge in [-0.15, -0.1) is 0 Å². The van der Waals surface area contributed by atoms with Crippen molar-refractivity contribution in [1.29, 1.82) is 0 Å². The summed E-state index contributed by atoms with van der Waals surface area (Å²) in [5.41, 5.74) is 5.47. The molecule has 6 heteroatoms. The standard InChI is InChI=1S/C9H8N2O4/c10-9-11-3-6(15-9)4-1-2-5(12)8(14)7(4)13/h1-3,12-14H,(H2,10,11). The second kappa shape index (κ2) is 3.09. The Labute approximate surface area is 84.2 Å². The molecular formula is C9H8N2O4. The zero-order chi connectivity index (χ0) is 11.0. The number of aromatic nitrogens is 1. The third-order valence-corrected chi connectivity index (χ3v) is 1.92. The lowest BCUT2D eigenvalue weighted by molar-refractivity contribution is 0.368. The highest BCUT2D eigenvalue weighted by molar-refractivity contribution is 5.71. The largest absolute Gasteiger partial charge is 0.504 e. The van der Waals surface area contributed by atoms with Crippen LogP contribution in [0.15, 0.2) is 22.7 Å². The van der Waals surface area contributed by atoms with Crippen molar-refractivity contribution in [3.8, 4) is 28.6 Å². The minimum Gasteiger partial charge on any atom is -0.504 e. The van der Waals surface area contributed by atoms with Crippen LogP contribution in [-0.2, 0) is 0 Å². The molecule has 0 saturated carbocycles. The minimum atomic E-state index is -0.609. The maximum Gasteiger partial charge on any atom is 0.292 e. The van der Waals surface area contributed by atoms with Crippen LogP contribution in [0.1, 0.15) is 0 Å². The third kappa shape index (κ3) is 1.41. The highest BCUT2D eigenvalue weighted by Crippen LogP contribution is 2.42. The minimum absolute atomic E-state index is 0.0445. The Morgan fingerprint density at radius 2 is 1.87 bits per heavy atom. The van der Waals surface area contributed by atoms with Crippen LogP contribution in [0.3, 0.4) is 0 Å². The van der Waals surface area contributed by atoms with Gasteiger partial charge in [0.1, 0.15) is 0 Å². The van der Waals surface area contributed by atoms with Gasteiger partial charge in [0.15, 0.2) is 17.3 Å². The first-order valence-electron chi connectivity index (χ1n) is 4.05. The van der Waals surface area contributed by atoms with Gasteiger partial charge in [-0.3, -0.25) is 0 Å². The summed E-state index contributed by atoms with van der Waals surface area (Å²) < 4.78 is 4.96. The number of aromatic hydroxyl groups is 3. The van der Waals surface area contributed by atoms with Gasteiger partial charge in [-0.05, 0) is 12.1 Å². The maximum absolute atomic E-state index is 9.50. The van der Waals surface area contributed by atoms with Crippen LogP contribution in [0.25, 0.3) is 11.3 Å². The lowest BCUT2D eigenvalue weighted by atomic mass is 10.1. The molecule has 0 aliphatic heterocycles. The first-order valence-corrected chi connectivity index (χ1v) is 4.05. The Bertz CT molecular complexity index is 507. The number of nitrogen functional groups attached to an aromatic ring is 1. The zero-order valence-corrected chi connectivity index (χ0v) is 7.51. The Morgan fingerprint density at radius 3 is 2.47 bits per heavy atom. The number of hydrogen-bond acceptors (Lipinski definition) is 6. The molecule has 5 N–H and O–H groups in total. The second-order valence-electron chi connectivity index (χ2n) is 2.89. The molecule has 1 aromatic heterocycles. The van der Waals surface area contributed by atoms with E-state index in [1.807, 2.05) is 0 Å². The van der Waals surface area contributed by atoms with Gasteiger partial charge in [0, 0.05) is 0 Å². The number of anilines is 1. The number of rotatable bonds is 1. The summed E-state index contributed by atoms with van der Waals surface area (Å²) in [5, 5.41) is 27.9. The van der Waals surface area contributed by atoms with Crippen LogP contribution in [-0.4, -0.2) is 20.3 Å². The summed E-state index contributed by atoms with van der Waals surface area (Å²) >= 11 is 0. The Kier molecular flexibility index (Phi) is 1.89. The molecule has 0 saturated heterocycles. The SMILES string of the molecule is Nc1ncc(-c2ccc(O)c(O)c2O)o1. The molecule has 0 aliphatic carbocycles. The summed E-state index contributed by atoms with van der Waals surface area (Å²) in [6.07, 6.45) is 1.31. The van der Waals surface area contributed by atoms with Crippen LogP contribution in [0.5, 0.6) is 17.2 Å². The predicted octanol–water partition coefficient (Wildman–Crippen LogP) is 1.04.